The first-order chi connectivity index (χ1) is 9.74. The van der Waals surface area contributed by atoms with Crippen LogP contribution in [0.2, 0.25) is 0 Å². The van der Waals surface area contributed by atoms with Gasteiger partial charge in [0.2, 0.25) is 10.0 Å². The fraction of sp³-hybridized carbons (Fsp3) is 0.538. The zero-order chi connectivity index (χ0) is 15.7. The molecule has 1 aromatic carbocycles. The molecule has 3 nitrogen and oxygen atoms in total. The lowest BCUT2D eigenvalue weighted by Crippen LogP contribution is -2.40. The van der Waals surface area contributed by atoms with Gasteiger partial charge in [-0.1, -0.05) is 22.0 Å². The summed E-state index contributed by atoms with van der Waals surface area (Å²) >= 11 is 3.00. The molecule has 1 aromatic rings. The molecule has 0 saturated heterocycles. The molecule has 1 aliphatic rings. The molecule has 21 heavy (non-hydrogen) atoms. The molecule has 118 valence electrons. The number of fused-ring (bicyclic) bond motifs is 1. The van der Waals surface area contributed by atoms with E-state index in [4.69, 9.17) is 0 Å². The van der Waals surface area contributed by atoms with Gasteiger partial charge in [-0.3, -0.25) is 0 Å². The van der Waals surface area contributed by atoms with Gasteiger partial charge in [0.05, 0.1) is 4.90 Å². The number of alkyl halides is 4. The summed E-state index contributed by atoms with van der Waals surface area (Å²) in [4.78, 5) is -0.0617. The Kier molecular flexibility index (Phi) is 4.99. The second-order valence-corrected chi connectivity index (χ2v) is 7.66. The van der Waals surface area contributed by atoms with Crippen LogP contribution in [0, 0.1) is 0 Å². The highest BCUT2D eigenvalue weighted by molar-refractivity contribution is 9.09. The lowest BCUT2D eigenvalue weighted by molar-refractivity contribution is -0.135. The molecule has 0 fully saturated rings. The van der Waals surface area contributed by atoms with Crippen molar-refractivity contribution in [3.8, 4) is 0 Å². The first-order valence-electron chi connectivity index (χ1n) is 6.49. The van der Waals surface area contributed by atoms with Crippen LogP contribution in [0.1, 0.15) is 17.5 Å². The third-order valence-electron chi connectivity index (χ3n) is 3.40. The molecular formula is C13H15BrF3NO2S. The SMILES string of the molecule is O=S(=O)(c1ccc2c(c1)CCC2)N(CCBr)CC(F)(F)F. The van der Waals surface area contributed by atoms with Crippen molar-refractivity contribution in [3.63, 3.8) is 0 Å². The highest BCUT2D eigenvalue weighted by atomic mass is 79.9. The number of rotatable bonds is 5. The van der Waals surface area contributed by atoms with Crippen molar-refractivity contribution in [3.05, 3.63) is 29.3 Å². The number of hydrogen-bond donors (Lipinski definition) is 0. The van der Waals surface area contributed by atoms with Gasteiger partial charge >= 0.3 is 6.18 Å². The number of aryl methyl sites for hydroxylation is 2. The number of sulfonamides is 1. The van der Waals surface area contributed by atoms with Crippen molar-refractivity contribution in [2.24, 2.45) is 0 Å². The molecule has 8 heteroatoms. The zero-order valence-corrected chi connectivity index (χ0v) is 13.6. The molecule has 0 saturated carbocycles. The smallest absolute Gasteiger partial charge is 0.207 e. The van der Waals surface area contributed by atoms with Gasteiger partial charge in [0.15, 0.2) is 0 Å². The maximum Gasteiger partial charge on any atom is 0.402 e. The molecule has 2 rings (SSSR count). The predicted molar refractivity (Wildman–Crippen MR) is 77.1 cm³/mol. The van der Waals surface area contributed by atoms with E-state index in [1.807, 2.05) is 0 Å². The van der Waals surface area contributed by atoms with Crippen molar-refractivity contribution in [1.29, 1.82) is 0 Å². The molecule has 0 bridgehead atoms. The van der Waals surface area contributed by atoms with Gasteiger partial charge in [0.25, 0.3) is 0 Å². The first-order valence-corrected chi connectivity index (χ1v) is 9.05. The van der Waals surface area contributed by atoms with E-state index in [-0.39, 0.29) is 16.8 Å². The fourth-order valence-corrected chi connectivity index (χ4v) is 4.58. The van der Waals surface area contributed by atoms with Crippen molar-refractivity contribution < 1.29 is 21.6 Å². The molecule has 0 radical (unpaired) electrons. The maximum atomic E-state index is 12.6. The van der Waals surface area contributed by atoms with Gasteiger partial charge < -0.3 is 0 Å². The minimum atomic E-state index is -4.56. The number of hydrogen-bond acceptors (Lipinski definition) is 2. The van der Waals surface area contributed by atoms with E-state index in [9.17, 15) is 21.6 Å². The summed E-state index contributed by atoms with van der Waals surface area (Å²) in [6.45, 7) is -1.70. The van der Waals surface area contributed by atoms with E-state index in [0.29, 0.717) is 4.31 Å². The summed E-state index contributed by atoms with van der Waals surface area (Å²) < 4.78 is 63.0. The van der Waals surface area contributed by atoms with Gasteiger partial charge in [-0.2, -0.15) is 17.5 Å². The third kappa shape index (κ3) is 3.98. The fourth-order valence-electron chi connectivity index (χ4n) is 2.44. The molecule has 1 aliphatic carbocycles. The molecule has 0 unspecified atom stereocenters. The first kappa shape index (κ1) is 16.8. The standard InChI is InChI=1S/C13H15BrF3NO2S/c14-6-7-18(9-13(15,16)17)21(19,20)12-5-4-10-2-1-3-11(10)8-12/h4-5,8H,1-3,6-7,9H2. The zero-order valence-electron chi connectivity index (χ0n) is 11.2. The summed E-state index contributed by atoms with van der Waals surface area (Å²) in [5.74, 6) is 0. The lowest BCUT2D eigenvalue weighted by atomic mass is 10.1. The molecule has 0 N–H and O–H groups in total. The van der Waals surface area contributed by atoms with E-state index in [1.165, 1.54) is 12.1 Å². The molecule has 0 atom stereocenters. The Bertz CT molecular complexity index is 616. The van der Waals surface area contributed by atoms with Crippen molar-refractivity contribution >= 4 is 26.0 Å². The van der Waals surface area contributed by atoms with Gasteiger partial charge in [0.1, 0.15) is 6.54 Å². The molecule has 0 heterocycles. The normalized spacial score (nSPS) is 15.5. The van der Waals surface area contributed by atoms with Gasteiger partial charge in [-0.05, 0) is 42.5 Å². The minimum Gasteiger partial charge on any atom is -0.207 e. The molecule has 0 spiro atoms. The van der Waals surface area contributed by atoms with Crippen molar-refractivity contribution in [2.75, 3.05) is 18.4 Å². The number of nitrogens with zero attached hydrogens (tertiary/aromatic N) is 1. The Hall–Kier alpha value is -0.600. The average Bonchev–Trinajstić information content (AvgIpc) is 2.83. The summed E-state index contributed by atoms with van der Waals surface area (Å²) in [5, 5.41) is 0.146. The van der Waals surface area contributed by atoms with E-state index < -0.39 is 22.7 Å². The predicted octanol–water partition coefficient (Wildman–Crippen LogP) is 3.12. The quantitative estimate of drug-likeness (QED) is 0.730. The van der Waals surface area contributed by atoms with Crippen LogP contribution < -0.4 is 0 Å². The van der Waals surface area contributed by atoms with E-state index in [1.54, 1.807) is 6.07 Å². The average molecular weight is 386 g/mol. The summed E-state index contributed by atoms with van der Waals surface area (Å²) in [6, 6.07) is 4.61. The second kappa shape index (κ2) is 6.26. The van der Waals surface area contributed by atoms with Gasteiger partial charge in [-0.25, -0.2) is 8.42 Å². The largest absolute Gasteiger partial charge is 0.402 e. The Morgan fingerprint density at radius 2 is 1.86 bits per heavy atom. The minimum absolute atomic E-state index is 0.0617. The highest BCUT2D eigenvalue weighted by Crippen LogP contribution is 2.28. The van der Waals surface area contributed by atoms with Crippen LogP contribution in [0.25, 0.3) is 0 Å². The maximum absolute atomic E-state index is 12.6. The Labute approximate surface area is 130 Å². The Balaban J connectivity index is 2.33. The number of halogens is 4. The topological polar surface area (TPSA) is 37.4 Å². The van der Waals surface area contributed by atoms with Crippen LogP contribution in [-0.4, -0.2) is 37.3 Å². The van der Waals surface area contributed by atoms with Crippen LogP contribution >= 0.6 is 15.9 Å². The Morgan fingerprint density at radius 3 is 2.48 bits per heavy atom. The highest BCUT2D eigenvalue weighted by Gasteiger charge is 2.36. The molecule has 0 aliphatic heterocycles. The van der Waals surface area contributed by atoms with Crippen LogP contribution in [0.4, 0.5) is 13.2 Å². The van der Waals surface area contributed by atoms with E-state index in [0.717, 1.165) is 30.4 Å². The molecule has 0 amide bonds. The monoisotopic (exact) mass is 385 g/mol. The molecular weight excluding hydrogens is 371 g/mol. The lowest BCUT2D eigenvalue weighted by Gasteiger charge is -2.23. The third-order valence-corrected chi connectivity index (χ3v) is 5.59. The van der Waals surface area contributed by atoms with Crippen LogP contribution in [0.15, 0.2) is 23.1 Å². The van der Waals surface area contributed by atoms with Gasteiger partial charge in [0, 0.05) is 11.9 Å². The summed E-state index contributed by atoms with van der Waals surface area (Å²) in [6.07, 6.45) is -1.95. The van der Waals surface area contributed by atoms with Crippen LogP contribution in [0.5, 0.6) is 0 Å². The van der Waals surface area contributed by atoms with Crippen molar-refractivity contribution in [1.82, 2.24) is 4.31 Å². The van der Waals surface area contributed by atoms with Gasteiger partial charge in [-0.15, -0.1) is 0 Å². The van der Waals surface area contributed by atoms with Crippen molar-refractivity contribution in [2.45, 2.75) is 30.3 Å². The van der Waals surface area contributed by atoms with E-state index >= 15 is 0 Å². The van der Waals surface area contributed by atoms with E-state index in [2.05, 4.69) is 15.9 Å². The Morgan fingerprint density at radius 1 is 1.19 bits per heavy atom. The summed E-state index contributed by atoms with van der Waals surface area (Å²) in [7, 11) is -4.13. The van der Waals surface area contributed by atoms with Crippen LogP contribution in [0.3, 0.4) is 0 Å². The summed E-state index contributed by atoms with van der Waals surface area (Å²) in [5.41, 5.74) is 2.00. The second-order valence-electron chi connectivity index (χ2n) is 4.93. The molecule has 0 aromatic heterocycles. The van der Waals surface area contributed by atoms with Crippen LogP contribution in [-0.2, 0) is 22.9 Å². The number of benzene rings is 1.